The van der Waals surface area contributed by atoms with Crippen molar-refractivity contribution in [1.82, 2.24) is 0 Å². The smallest absolute Gasteiger partial charge is 0.122 e. The minimum absolute atomic E-state index is 0.126. The Hall–Kier alpha value is -0.730. The molecular weight excluding hydrogens is 258 g/mol. The minimum atomic E-state index is 0.126. The fourth-order valence-corrected chi connectivity index (χ4v) is 2.24. The third-order valence-corrected chi connectivity index (χ3v) is 3.83. The van der Waals surface area contributed by atoms with Crippen LogP contribution in [0, 0.1) is 12.3 Å². The molecule has 2 nitrogen and oxygen atoms in total. The molecule has 2 N–H and O–H groups in total. The summed E-state index contributed by atoms with van der Waals surface area (Å²) in [5.74, 6) is 1.33. The second kappa shape index (κ2) is 6.62. The van der Waals surface area contributed by atoms with E-state index in [1.807, 2.05) is 13.0 Å². The zero-order chi connectivity index (χ0) is 14.6. The molecule has 0 radical (unpaired) electrons. The molecule has 0 aliphatic rings. The van der Waals surface area contributed by atoms with Gasteiger partial charge in [0.05, 0.1) is 6.61 Å². The molecule has 0 amide bonds. The molecule has 0 saturated carbocycles. The van der Waals surface area contributed by atoms with Crippen LogP contribution in [0.3, 0.4) is 0 Å². The van der Waals surface area contributed by atoms with Gasteiger partial charge in [-0.3, -0.25) is 0 Å². The summed E-state index contributed by atoms with van der Waals surface area (Å²) < 4.78 is 5.91. The molecular formula is C16H26ClNO. The highest BCUT2D eigenvalue weighted by atomic mass is 35.5. The molecule has 0 aromatic heterocycles. The Kier molecular flexibility index (Phi) is 5.69. The van der Waals surface area contributed by atoms with E-state index in [1.165, 1.54) is 0 Å². The normalized spacial score (nSPS) is 12.0. The fourth-order valence-electron chi connectivity index (χ4n) is 1.81. The second-order valence-corrected chi connectivity index (χ2v) is 6.67. The minimum Gasteiger partial charge on any atom is -0.493 e. The zero-order valence-corrected chi connectivity index (χ0v) is 13.5. The Bertz CT molecular complexity index is 427. The molecule has 0 atom stereocenters. The number of halogens is 1. The van der Waals surface area contributed by atoms with Gasteiger partial charge in [0.2, 0.25) is 0 Å². The van der Waals surface area contributed by atoms with E-state index >= 15 is 0 Å². The van der Waals surface area contributed by atoms with Crippen LogP contribution < -0.4 is 10.5 Å². The number of hydrogen-bond donors (Lipinski definition) is 1. The third kappa shape index (κ3) is 4.70. The number of nitrogens with two attached hydrogens (primary N) is 1. The summed E-state index contributed by atoms with van der Waals surface area (Å²) in [6.07, 6.45) is 0.947. The summed E-state index contributed by atoms with van der Waals surface area (Å²) >= 11 is 6.25. The van der Waals surface area contributed by atoms with Gasteiger partial charge in [-0.15, -0.1) is 0 Å². The third-order valence-electron chi connectivity index (χ3n) is 3.51. The maximum atomic E-state index is 6.25. The first-order chi connectivity index (χ1) is 8.76. The molecule has 0 aliphatic carbocycles. The lowest BCUT2D eigenvalue weighted by molar-refractivity contribution is 0.232. The first kappa shape index (κ1) is 16.3. The Morgan fingerprint density at radius 3 is 2.47 bits per heavy atom. The number of ether oxygens (including phenoxy) is 1. The van der Waals surface area contributed by atoms with Crippen molar-refractivity contribution in [3.63, 3.8) is 0 Å². The van der Waals surface area contributed by atoms with Crippen molar-refractivity contribution in [2.24, 2.45) is 11.1 Å². The SMILES string of the molecule is Cc1cc(Cl)c(C(C)C)cc1OCCC(C)(C)CN. The number of rotatable bonds is 6. The van der Waals surface area contributed by atoms with Crippen LogP contribution in [-0.2, 0) is 0 Å². The highest BCUT2D eigenvalue weighted by Gasteiger charge is 2.16. The van der Waals surface area contributed by atoms with Crippen molar-refractivity contribution in [2.45, 2.75) is 47.0 Å². The molecule has 3 heteroatoms. The molecule has 0 saturated heterocycles. The van der Waals surface area contributed by atoms with Crippen LogP contribution in [0.4, 0.5) is 0 Å². The molecule has 0 fully saturated rings. The van der Waals surface area contributed by atoms with E-state index in [1.54, 1.807) is 0 Å². The lowest BCUT2D eigenvalue weighted by atomic mass is 9.90. The Balaban J connectivity index is 2.76. The van der Waals surface area contributed by atoms with Crippen LogP contribution in [-0.4, -0.2) is 13.2 Å². The maximum Gasteiger partial charge on any atom is 0.122 e. The molecule has 1 aromatic carbocycles. The average Bonchev–Trinajstić information content (AvgIpc) is 2.31. The lowest BCUT2D eigenvalue weighted by Gasteiger charge is -2.22. The van der Waals surface area contributed by atoms with Gasteiger partial charge >= 0.3 is 0 Å². The van der Waals surface area contributed by atoms with E-state index in [2.05, 4.69) is 33.8 Å². The van der Waals surface area contributed by atoms with Gasteiger partial charge in [0, 0.05) is 5.02 Å². The van der Waals surface area contributed by atoms with Crippen molar-refractivity contribution in [2.75, 3.05) is 13.2 Å². The van der Waals surface area contributed by atoms with Gasteiger partial charge in [-0.2, -0.15) is 0 Å². The average molecular weight is 284 g/mol. The van der Waals surface area contributed by atoms with Gasteiger partial charge in [-0.25, -0.2) is 0 Å². The van der Waals surface area contributed by atoms with Crippen LogP contribution >= 0.6 is 11.6 Å². The first-order valence-corrected chi connectivity index (χ1v) is 7.27. The van der Waals surface area contributed by atoms with E-state index in [0.717, 1.165) is 28.3 Å². The summed E-state index contributed by atoms with van der Waals surface area (Å²) in [6.45, 7) is 12.0. The summed E-state index contributed by atoms with van der Waals surface area (Å²) in [5.41, 5.74) is 8.08. The van der Waals surface area contributed by atoms with E-state index in [9.17, 15) is 0 Å². The highest BCUT2D eigenvalue weighted by Crippen LogP contribution is 2.31. The molecule has 1 aromatic rings. The highest BCUT2D eigenvalue weighted by molar-refractivity contribution is 6.31. The summed E-state index contributed by atoms with van der Waals surface area (Å²) in [5, 5.41) is 0.821. The molecule has 0 unspecified atom stereocenters. The molecule has 0 aliphatic heterocycles. The van der Waals surface area contributed by atoms with Crippen molar-refractivity contribution < 1.29 is 4.74 Å². The van der Waals surface area contributed by atoms with Crippen molar-refractivity contribution in [3.8, 4) is 5.75 Å². The first-order valence-electron chi connectivity index (χ1n) is 6.90. The predicted octanol–water partition coefficient (Wildman–Crippen LogP) is 4.53. The van der Waals surface area contributed by atoms with Crippen LogP contribution in [0.15, 0.2) is 12.1 Å². The van der Waals surface area contributed by atoms with Gasteiger partial charge in [-0.05, 0) is 54.5 Å². The second-order valence-electron chi connectivity index (χ2n) is 6.26. The molecule has 108 valence electrons. The monoisotopic (exact) mass is 283 g/mol. The van der Waals surface area contributed by atoms with E-state index < -0.39 is 0 Å². The van der Waals surface area contributed by atoms with Gasteiger partial charge in [0.1, 0.15) is 5.75 Å². The number of hydrogen-bond acceptors (Lipinski definition) is 2. The largest absolute Gasteiger partial charge is 0.493 e. The summed E-state index contributed by atoms with van der Waals surface area (Å²) in [4.78, 5) is 0. The predicted molar refractivity (Wildman–Crippen MR) is 83.2 cm³/mol. The quantitative estimate of drug-likeness (QED) is 0.833. The molecule has 0 heterocycles. The lowest BCUT2D eigenvalue weighted by Crippen LogP contribution is -2.25. The number of aryl methyl sites for hydroxylation is 1. The maximum absolute atomic E-state index is 6.25. The van der Waals surface area contributed by atoms with Crippen LogP contribution in [0.2, 0.25) is 5.02 Å². The van der Waals surface area contributed by atoms with Crippen LogP contribution in [0.1, 0.15) is 51.2 Å². The topological polar surface area (TPSA) is 35.2 Å². The van der Waals surface area contributed by atoms with Gasteiger partial charge < -0.3 is 10.5 Å². The standard InChI is InChI=1S/C16H26ClNO/c1-11(2)13-9-15(12(3)8-14(13)17)19-7-6-16(4,5)10-18/h8-9,11H,6-7,10,18H2,1-5H3. The fraction of sp³-hybridized carbons (Fsp3) is 0.625. The Morgan fingerprint density at radius 1 is 1.32 bits per heavy atom. The Labute approximate surface area is 122 Å². The number of benzene rings is 1. The van der Waals surface area contributed by atoms with Gasteiger partial charge in [0.25, 0.3) is 0 Å². The zero-order valence-electron chi connectivity index (χ0n) is 12.7. The van der Waals surface area contributed by atoms with E-state index in [4.69, 9.17) is 22.1 Å². The molecule has 0 spiro atoms. The van der Waals surface area contributed by atoms with Crippen molar-refractivity contribution in [1.29, 1.82) is 0 Å². The Morgan fingerprint density at radius 2 is 1.95 bits per heavy atom. The summed E-state index contributed by atoms with van der Waals surface area (Å²) in [7, 11) is 0. The molecule has 19 heavy (non-hydrogen) atoms. The van der Waals surface area contributed by atoms with Crippen molar-refractivity contribution >= 4 is 11.6 Å². The van der Waals surface area contributed by atoms with E-state index in [0.29, 0.717) is 19.1 Å². The van der Waals surface area contributed by atoms with Crippen molar-refractivity contribution in [3.05, 3.63) is 28.3 Å². The van der Waals surface area contributed by atoms with Crippen LogP contribution in [0.25, 0.3) is 0 Å². The molecule has 1 rings (SSSR count). The summed E-state index contributed by atoms with van der Waals surface area (Å²) in [6, 6.07) is 4.05. The van der Waals surface area contributed by atoms with Crippen LogP contribution in [0.5, 0.6) is 5.75 Å². The van der Waals surface area contributed by atoms with Gasteiger partial charge in [-0.1, -0.05) is 39.3 Å². The molecule has 0 bridgehead atoms. The van der Waals surface area contributed by atoms with E-state index in [-0.39, 0.29) is 5.41 Å². The van der Waals surface area contributed by atoms with Gasteiger partial charge in [0.15, 0.2) is 0 Å².